The molecule has 0 heterocycles. The van der Waals surface area contributed by atoms with Crippen LogP contribution in [0.5, 0.6) is 0 Å². The van der Waals surface area contributed by atoms with Crippen molar-refractivity contribution in [2.24, 2.45) is 0 Å². The Balaban J connectivity index is 2.35. The van der Waals surface area contributed by atoms with Crippen molar-refractivity contribution in [3.63, 3.8) is 0 Å². The number of ether oxygens (including phenoxy) is 1. The molecule has 0 bridgehead atoms. The molecular weight excluding hydrogens is 250 g/mol. The largest absolute Gasteiger partial charge is 0.383 e. The van der Waals surface area contributed by atoms with Gasteiger partial charge < -0.3 is 4.74 Å². The van der Waals surface area contributed by atoms with Crippen LogP contribution in [0.25, 0.3) is 0 Å². The van der Waals surface area contributed by atoms with E-state index in [1.807, 2.05) is 6.92 Å². The zero-order chi connectivity index (χ0) is 15.0. The predicted molar refractivity (Wildman–Crippen MR) is 82.6 cm³/mol. The van der Waals surface area contributed by atoms with Crippen LogP contribution in [0, 0.1) is 11.3 Å². The molecule has 4 nitrogen and oxygen atoms in total. The van der Waals surface area contributed by atoms with Crippen LogP contribution >= 0.6 is 0 Å². The Morgan fingerprint density at radius 3 is 2.65 bits per heavy atom. The molecule has 1 aliphatic rings. The number of methoxy groups -OCH3 is 1. The topological polar surface area (TPSA) is 48.3 Å². The van der Waals surface area contributed by atoms with Crippen molar-refractivity contribution in [3.05, 3.63) is 0 Å². The molecule has 20 heavy (non-hydrogen) atoms. The van der Waals surface area contributed by atoms with Gasteiger partial charge in [-0.1, -0.05) is 6.92 Å². The molecule has 0 spiro atoms. The third-order valence-electron chi connectivity index (χ3n) is 4.27. The summed E-state index contributed by atoms with van der Waals surface area (Å²) < 4.78 is 5.19. The standard InChI is InChI=1S/C16H31N3O/c1-5-14(2)19(11-12-20-4)10-6-9-16(3,13-17)18-15-7-8-15/h14-15,18H,5-12H2,1-4H3. The number of hydrogen-bond acceptors (Lipinski definition) is 4. The van der Waals surface area contributed by atoms with Crippen LogP contribution in [-0.2, 0) is 4.74 Å². The number of nitriles is 1. The maximum Gasteiger partial charge on any atom is 0.104 e. The van der Waals surface area contributed by atoms with Crippen molar-refractivity contribution in [3.8, 4) is 6.07 Å². The van der Waals surface area contributed by atoms with Crippen LogP contribution in [0.4, 0.5) is 0 Å². The molecule has 2 atom stereocenters. The van der Waals surface area contributed by atoms with E-state index < -0.39 is 0 Å². The Bertz CT molecular complexity index is 311. The molecule has 0 aromatic rings. The molecule has 0 aliphatic heterocycles. The van der Waals surface area contributed by atoms with Crippen molar-refractivity contribution < 1.29 is 4.74 Å². The first-order chi connectivity index (χ1) is 9.54. The van der Waals surface area contributed by atoms with Crippen LogP contribution in [0.3, 0.4) is 0 Å². The third kappa shape index (κ3) is 6.21. The van der Waals surface area contributed by atoms with E-state index in [2.05, 4.69) is 30.1 Å². The van der Waals surface area contributed by atoms with Gasteiger partial charge in [0.25, 0.3) is 0 Å². The first-order valence-corrected chi connectivity index (χ1v) is 7.96. The maximum atomic E-state index is 9.38. The lowest BCUT2D eigenvalue weighted by molar-refractivity contribution is 0.120. The summed E-state index contributed by atoms with van der Waals surface area (Å²) >= 11 is 0. The van der Waals surface area contributed by atoms with Crippen molar-refractivity contribution in [2.75, 3.05) is 26.8 Å². The van der Waals surface area contributed by atoms with Crippen LogP contribution in [0.1, 0.15) is 52.9 Å². The summed E-state index contributed by atoms with van der Waals surface area (Å²) in [6.45, 7) is 9.32. The Morgan fingerprint density at radius 2 is 2.15 bits per heavy atom. The summed E-state index contributed by atoms with van der Waals surface area (Å²) in [5, 5.41) is 12.9. The van der Waals surface area contributed by atoms with Crippen LogP contribution < -0.4 is 5.32 Å². The van der Waals surface area contributed by atoms with E-state index in [0.717, 1.165) is 39.0 Å². The van der Waals surface area contributed by atoms with Gasteiger partial charge in [0.1, 0.15) is 5.54 Å². The fourth-order valence-corrected chi connectivity index (χ4v) is 2.49. The highest BCUT2D eigenvalue weighted by Crippen LogP contribution is 2.24. The SMILES string of the molecule is CCC(C)N(CCCC(C)(C#N)NC1CC1)CCOC. The van der Waals surface area contributed by atoms with Gasteiger partial charge in [-0.05, 0) is 52.5 Å². The molecular formula is C16H31N3O. The molecule has 2 unspecified atom stereocenters. The average Bonchev–Trinajstić information content (AvgIpc) is 3.25. The second kappa shape index (κ2) is 8.61. The highest BCUT2D eigenvalue weighted by molar-refractivity contribution is 5.07. The number of rotatable bonds is 11. The van der Waals surface area contributed by atoms with E-state index in [1.54, 1.807) is 7.11 Å². The predicted octanol–water partition coefficient (Wildman–Crippen LogP) is 2.55. The smallest absolute Gasteiger partial charge is 0.104 e. The zero-order valence-electron chi connectivity index (χ0n) is 13.6. The van der Waals surface area contributed by atoms with Gasteiger partial charge in [0.05, 0.1) is 12.7 Å². The molecule has 0 aromatic heterocycles. The van der Waals surface area contributed by atoms with Crippen molar-refractivity contribution in [1.82, 2.24) is 10.2 Å². The normalized spacial score (nSPS) is 19.6. The fourth-order valence-electron chi connectivity index (χ4n) is 2.49. The number of nitrogens with one attached hydrogen (secondary N) is 1. The fraction of sp³-hybridized carbons (Fsp3) is 0.938. The van der Waals surface area contributed by atoms with Crippen LogP contribution in [0.2, 0.25) is 0 Å². The zero-order valence-corrected chi connectivity index (χ0v) is 13.6. The monoisotopic (exact) mass is 281 g/mol. The summed E-state index contributed by atoms with van der Waals surface area (Å²) in [5.41, 5.74) is -0.358. The Morgan fingerprint density at radius 1 is 1.45 bits per heavy atom. The Kier molecular flexibility index (Phi) is 7.50. The molecule has 0 saturated heterocycles. The number of hydrogen-bond donors (Lipinski definition) is 1. The molecule has 0 amide bonds. The van der Waals surface area contributed by atoms with E-state index in [9.17, 15) is 5.26 Å². The highest BCUT2D eigenvalue weighted by Gasteiger charge is 2.32. The number of nitrogens with zero attached hydrogens (tertiary/aromatic N) is 2. The highest BCUT2D eigenvalue weighted by atomic mass is 16.5. The molecule has 1 rings (SSSR count). The minimum atomic E-state index is -0.358. The molecule has 116 valence electrons. The van der Waals surface area contributed by atoms with E-state index in [1.165, 1.54) is 12.8 Å². The lowest BCUT2D eigenvalue weighted by atomic mass is 9.97. The van der Waals surface area contributed by atoms with Crippen LogP contribution in [-0.4, -0.2) is 49.3 Å². The summed E-state index contributed by atoms with van der Waals surface area (Å²) in [5.74, 6) is 0. The Labute approximate surface area is 124 Å². The molecule has 1 saturated carbocycles. The second-order valence-electron chi connectivity index (χ2n) is 6.25. The molecule has 1 fully saturated rings. The maximum absolute atomic E-state index is 9.38. The summed E-state index contributed by atoms with van der Waals surface area (Å²) in [6.07, 6.45) is 5.57. The second-order valence-corrected chi connectivity index (χ2v) is 6.25. The van der Waals surface area contributed by atoms with Crippen molar-refractivity contribution >= 4 is 0 Å². The van der Waals surface area contributed by atoms with Crippen LogP contribution in [0.15, 0.2) is 0 Å². The van der Waals surface area contributed by atoms with E-state index >= 15 is 0 Å². The molecule has 0 aromatic carbocycles. The lowest BCUT2D eigenvalue weighted by Crippen LogP contribution is -2.43. The van der Waals surface area contributed by atoms with E-state index in [4.69, 9.17) is 4.74 Å². The van der Waals surface area contributed by atoms with Gasteiger partial charge >= 0.3 is 0 Å². The van der Waals surface area contributed by atoms with Crippen molar-refractivity contribution in [2.45, 2.75) is 70.5 Å². The Hall–Kier alpha value is -0.630. The molecule has 1 N–H and O–H groups in total. The molecule has 4 heteroatoms. The van der Waals surface area contributed by atoms with E-state index in [-0.39, 0.29) is 5.54 Å². The third-order valence-corrected chi connectivity index (χ3v) is 4.27. The quantitative estimate of drug-likeness (QED) is 0.632. The molecule has 0 radical (unpaired) electrons. The van der Waals surface area contributed by atoms with Gasteiger partial charge in [0.15, 0.2) is 0 Å². The average molecular weight is 281 g/mol. The van der Waals surface area contributed by atoms with Gasteiger partial charge in [0.2, 0.25) is 0 Å². The first-order valence-electron chi connectivity index (χ1n) is 7.96. The summed E-state index contributed by atoms with van der Waals surface area (Å²) in [7, 11) is 1.75. The molecule has 1 aliphatic carbocycles. The van der Waals surface area contributed by atoms with Gasteiger partial charge in [-0.2, -0.15) is 5.26 Å². The minimum Gasteiger partial charge on any atom is -0.383 e. The summed E-state index contributed by atoms with van der Waals surface area (Å²) in [6, 6.07) is 3.62. The van der Waals surface area contributed by atoms with Crippen molar-refractivity contribution in [1.29, 1.82) is 5.26 Å². The summed E-state index contributed by atoms with van der Waals surface area (Å²) in [4.78, 5) is 2.47. The van der Waals surface area contributed by atoms with E-state index in [0.29, 0.717) is 12.1 Å². The van der Waals surface area contributed by atoms with Gasteiger partial charge in [-0.15, -0.1) is 0 Å². The minimum absolute atomic E-state index is 0.358. The van der Waals surface area contributed by atoms with Gasteiger partial charge in [0, 0.05) is 25.7 Å². The van der Waals surface area contributed by atoms with Gasteiger partial charge in [-0.25, -0.2) is 0 Å². The van der Waals surface area contributed by atoms with Gasteiger partial charge in [-0.3, -0.25) is 10.2 Å². The lowest BCUT2D eigenvalue weighted by Gasteiger charge is -2.30. The first kappa shape index (κ1) is 17.4.